The molecule has 0 atom stereocenters. The summed E-state index contributed by atoms with van der Waals surface area (Å²) in [6.45, 7) is 1.49. The third-order valence-electron chi connectivity index (χ3n) is 3.37. The molecular weight excluding hydrogens is 328 g/mol. The van der Waals surface area contributed by atoms with E-state index in [0.717, 1.165) is 27.6 Å². The van der Waals surface area contributed by atoms with Crippen molar-refractivity contribution in [2.24, 2.45) is 0 Å². The van der Waals surface area contributed by atoms with Crippen molar-refractivity contribution in [2.75, 3.05) is 13.2 Å². The summed E-state index contributed by atoms with van der Waals surface area (Å²) in [6, 6.07) is 11.3. The number of para-hydroxylation sites is 1. The Morgan fingerprint density at radius 3 is 2.83 bits per heavy atom. The topological polar surface area (TPSA) is 76.6 Å². The molecule has 1 fully saturated rings. The normalized spacial score (nSPS) is 16.2. The minimum atomic E-state index is -0.607. The number of nitrogens with zero attached hydrogens (tertiary/aromatic N) is 2. The van der Waals surface area contributed by atoms with Crippen molar-refractivity contribution in [1.82, 2.24) is 9.88 Å². The van der Waals surface area contributed by atoms with E-state index in [1.807, 2.05) is 30.3 Å². The summed E-state index contributed by atoms with van der Waals surface area (Å²) >= 11 is 0.793. The van der Waals surface area contributed by atoms with Gasteiger partial charge >= 0.3 is 5.97 Å². The van der Waals surface area contributed by atoms with Crippen LogP contribution in [-0.2, 0) is 14.3 Å². The highest BCUT2D eigenvalue weighted by Crippen LogP contribution is 2.32. The molecule has 1 aromatic heterocycles. The van der Waals surface area contributed by atoms with Crippen molar-refractivity contribution in [3.63, 3.8) is 0 Å². The molecule has 0 bridgehead atoms. The molecule has 1 saturated heterocycles. The van der Waals surface area contributed by atoms with Gasteiger partial charge in [0.15, 0.2) is 0 Å². The number of imide groups is 1. The Morgan fingerprint density at radius 1 is 1.25 bits per heavy atom. The summed E-state index contributed by atoms with van der Waals surface area (Å²) in [6.07, 6.45) is 1.56. The second kappa shape index (κ2) is 6.84. The van der Waals surface area contributed by atoms with Crippen LogP contribution in [0.4, 0.5) is 4.79 Å². The number of hydrogen-bond donors (Lipinski definition) is 0. The first kappa shape index (κ1) is 16.2. The van der Waals surface area contributed by atoms with Crippen LogP contribution in [0.1, 0.15) is 12.6 Å². The lowest BCUT2D eigenvalue weighted by Crippen LogP contribution is -2.34. The van der Waals surface area contributed by atoms with Gasteiger partial charge in [-0.25, -0.2) is 4.98 Å². The van der Waals surface area contributed by atoms with Crippen LogP contribution < -0.4 is 0 Å². The Morgan fingerprint density at radius 2 is 2.04 bits per heavy atom. The summed E-state index contributed by atoms with van der Waals surface area (Å²) in [5.41, 5.74) is 1.38. The molecule has 1 aliphatic rings. The van der Waals surface area contributed by atoms with Crippen LogP contribution in [0.2, 0.25) is 0 Å². The number of fused-ring (bicyclic) bond motifs is 1. The molecule has 7 heteroatoms. The van der Waals surface area contributed by atoms with Crippen LogP contribution in [0.25, 0.3) is 17.0 Å². The molecule has 0 radical (unpaired) electrons. The van der Waals surface area contributed by atoms with E-state index in [1.54, 1.807) is 19.1 Å². The van der Waals surface area contributed by atoms with Crippen LogP contribution in [0.3, 0.4) is 0 Å². The molecule has 0 spiro atoms. The average molecular weight is 342 g/mol. The molecule has 2 amide bonds. The van der Waals surface area contributed by atoms with Crippen LogP contribution in [0.5, 0.6) is 0 Å². The number of carbonyl (C=O) groups excluding carboxylic acids is 3. The van der Waals surface area contributed by atoms with Crippen molar-refractivity contribution in [3.05, 3.63) is 47.0 Å². The number of carbonyl (C=O) groups is 3. The van der Waals surface area contributed by atoms with Gasteiger partial charge in [0, 0.05) is 5.39 Å². The van der Waals surface area contributed by atoms with Gasteiger partial charge < -0.3 is 4.74 Å². The van der Waals surface area contributed by atoms with Gasteiger partial charge in [0.2, 0.25) is 0 Å². The van der Waals surface area contributed by atoms with Gasteiger partial charge in [0.25, 0.3) is 11.1 Å². The minimum absolute atomic E-state index is 0.200. The Bertz CT molecular complexity index is 863. The summed E-state index contributed by atoms with van der Waals surface area (Å²) in [5.74, 6) is -1.11. The number of hydrogen-bond acceptors (Lipinski definition) is 6. The maximum atomic E-state index is 12.3. The van der Waals surface area contributed by atoms with Gasteiger partial charge in [0.1, 0.15) is 6.54 Å². The first-order valence-corrected chi connectivity index (χ1v) is 8.17. The quantitative estimate of drug-likeness (QED) is 0.628. The van der Waals surface area contributed by atoms with E-state index in [2.05, 4.69) is 4.98 Å². The second-order valence-corrected chi connectivity index (χ2v) is 5.99. The molecule has 1 aliphatic heterocycles. The van der Waals surface area contributed by atoms with E-state index in [9.17, 15) is 14.4 Å². The van der Waals surface area contributed by atoms with E-state index in [0.29, 0.717) is 5.69 Å². The molecule has 1 aromatic carbocycles. The van der Waals surface area contributed by atoms with Crippen LogP contribution in [0, 0.1) is 0 Å². The minimum Gasteiger partial charge on any atom is -0.465 e. The zero-order valence-corrected chi connectivity index (χ0v) is 13.7. The van der Waals surface area contributed by atoms with Gasteiger partial charge in [-0.05, 0) is 36.9 Å². The van der Waals surface area contributed by atoms with Crippen molar-refractivity contribution >= 4 is 45.9 Å². The Kier molecular flexibility index (Phi) is 4.61. The summed E-state index contributed by atoms with van der Waals surface area (Å²) in [5, 5.41) is 0.505. The third-order valence-corrected chi connectivity index (χ3v) is 4.27. The van der Waals surface area contributed by atoms with Gasteiger partial charge in [0.05, 0.1) is 22.7 Å². The van der Waals surface area contributed by atoms with E-state index >= 15 is 0 Å². The maximum Gasteiger partial charge on any atom is 0.326 e. The molecule has 0 saturated carbocycles. The summed E-state index contributed by atoms with van der Waals surface area (Å²) in [7, 11) is 0. The predicted molar refractivity (Wildman–Crippen MR) is 91.1 cm³/mol. The van der Waals surface area contributed by atoms with Gasteiger partial charge in [-0.1, -0.05) is 24.3 Å². The average Bonchev–Trinajstić information content (AvgIpc) is 2.82. The zero-order valence-electron chi connectivity index (χ0n) is 12.9. The van der Waals surface area contributed by atoms with Crippen molar-refractivity contribution in [1.29, 1.82) is 0 Å². The summed E-state index contributed by atoms with van der Waals surface area (Å²) < 4.78 is 4.78. The Balaban J connectivity index is 1.83. The molecule has 0 aliphatic carbocycles. The van der Waals surface area contributed by atoms with E-state index in [4.69, 9.17) is 4.74 Å². The third kappa shape index (κ3) is 3.30. The van der Waals surface area contributed by atoms with Crippen LogP contribution in [0.15, 0.2) is 41.3 Å². The first-order chi connectivity index (χ1) is 11.6. The molecule has 24 heavy (non-hydrogen) atoms. The lowest BCUT2D eigenvalue weighted by atomic mass is 10.2. The van der Waals surface area contributed by atoms with Crippen molar-refractivity contribution < 1.29 is 19.1 Å². The standard InChI is InChI=1S/C17H14N2O4S/c1-2-23-15(20)10-19-16(21)14(24-17(19)22)9-12-8-7-11-5-3-4-6-13(11)18-12/h3-9H,2,10H2,1H3/b14-9+. The SMILES string of the molecule is CCOC(=O)CN1C(=O)S/C(=C/c2ccc3ccccc3n2)C1=O. The first-order valence-electron chi connectivity index (χ1n) is 7.35. The lowest BCUT2D eigenvalue weighted by Gasteiger charge is -2.10. The van der Waals surface area contributed by atoms with Crippen molar-refractivity contribution in [2.45, 2.75) is 6.92 Å². The molecule has 0 unspecified atom stereocenters. The number of benzene rings is 1. The number of rotatable bonds is 4. The largest absolute Gasteiger partial charge is 0.465 e. The van der Waals surface area contributed by atoms with Crippen molar-refractivity contribution in [3.8, 4) is 0 Å². The number of esters is 1. The molecule has 0 N–H and O–H groups in total. The number of ether oxygens (including phenoxy) is 1. The fourth-order valence-electron chi connectivity index (χ4n) is 2.27. The molecule has 2 aromatic rings. The van der Waals surface area contributed by atoms with E-state index < -0.39 is 17.1 Å². The highest BCUT2D eigenvalue weighted by molar-refractivity contribution is 8.18. The zero-order chi connectivity index (χ0) is 17.1. The number of amides is 2. The Labute approximate surface area is 142 Å². The number of thioether (sulfide) groups is 1. The van der Waals surface area contributed by atoms with E-state index in [-0.39, 0.29) is 18.1 Å². The highest BCUT2D eigenvalue weighted by Gasteiger charge is 2.36. The van der Waals surface area contributed by atoms with Crippen LogP contribution in [-0.4, -0.2) is 40.2 Å². The number of pyridine rings is 1. The maximum absolute atomic E-state index is 12.3. The summed E-state index contributed by atoms with van der Waals surface area (Å²) in [4.78, 5) is 41.3. The fourth-order valence-corrected chi connectivity index (χ4v) is 3.09. The fraction of sp³-hybridized carbons (Fsp3) is 0.176. The smallest absolute Gasteiger partial charge is 0.326 e. The molecular formula is C17H14N2O4S. The molecule has 2 heterocycles. The van der Waals surface area contributed by atoms with E-state index in [1.165, 1.54) is 0 Å². The molecule has 3 rings (SSSR count). The highest BCUT2D eigenvalue weighted by atomic mass is 32.2. The number of aromatic nitrogens is 1. The Hall–Kier alpha value is -2.67. The lowest BCUT2D eigenvalue weighted by molar-refractivity contribution is -0.145. The van der Waals surface area contributed by atoms with Gasteiger partial charge in [-0.15, -0.1) is 0 Å². The predicted octanol–water partition coefficient (Wildman–Crippen LogP) is 2.83. The molecule has 6 nitrogen and oxygen atoms in total. The molecule has 122 valence electrons. The van der Waals surface area contributed by atoms with Gasteiger partial charge in [-0.2, -0.15) is 0 Å². The van der Waals surface area contributed by atoms with Crippen LogP contribution >= 0.6 is 11.8 Å². The second-order valence-electron chi connectivity index (χ2n) is 5.00. The monoisotopic (exact) mass is 342 g/mol. The van der Waals surface area contributed by atoms with Gasteiger partial charge in [-0.3, -0.25) is 19.3 Å².